The Morgan fingerprint density at radius 1 is 1.21 bits per heavy atom. The number of hydrogen-bond acceptors (Lipinski definition) is 5. The number of hydrogen-bond donors (Lipinski definition) is 1. The van der Waals surface area contributed by atoms with Crippen LogP contribution in [-0.2, 0) is 24.3 Å². The predicted octanol–water partition coefficient (Wildman–Crippen LogP) is 1.24. The van der Waals surface area contributed by atoms with Crippen molar-refractivity contribution < 1.29 is 27.9 Å². The molecule has 2 atom stereocenters. The van der Waals surface area contributed by atoms with Crippen LogP contribution in [0.2, 0.25) is 0 Å². The highest BCUT2D eigenvalue weighted by molar-refractivity contribution is 7.89. The smallest absolute Gasteiger partial charge is 0.312 e. The van der Waals surface area contributed by atoms with Crippen molar-refractivity contribution in [2.24, 2.45) is 16.7 Å². The summed E-state index contributed by atoms with van der Waals surface area (Å²) in [7, 11) is -2.42. The number of carbonyl (C=O) groups excluding carboxylic acids is 1. The molecule has 2 saturated carbocycles. The lowest BCUT2D eigenvalue weighted by Gasteiger charge is -2.29. The zero-order chi connectivity index (χ0) is 17.6. The fraction of sp³-hybridized carbons (Fsp3) is 0.875. The molecule has 0 aromatic heterocycles. The van der Waals surface area contributed by atoms with Gasteiger partial charge in [0.05, 0.1) is 23.7 Å². The van der Waals surface area contributed by atoms with Crippen LogP contribution in [0.1, 0.15) is 44.9 Å². The van der Waals surface area contributed by atoms with Crippen LogP contribution in [0.15, 0.2) is 0 Å². The molecule has 7 nitrogen and oxygen atoms in total. The first-order valence-corrected chi connectivity index (χ1v) is 10.2. The first-order chi connectivity index (χ1) is 11.3. The molecular formula is C16H25NO6S. The molecule has 0 aromatic rings. The van der Waals surface area contributed by atoms with E-state index in [0.29, 0.717) is 19.3 Å². The van der Waals surface area contributed by atoms with Gasteiger partial charge in [-0.2, -0.15) is 0 Å². The third-order valence-electron chi connectivity index (χ3n) is 6.30. The van der Waals surface area contributed by atoms with Crippen molar-refractivity contribution in [3.05, 3.63) is 0 Å². The Kier molecular flexibility index (Phi) is 4.40. The van der Waals surface area contributed by atoms with E-state index in [9.17, 15) is 23.1 Å². The van der Waals surface area contributed by atoms with Crippen molar-refractivity contribution in [3.63, 3.8) is 0 Å². The van der Waals surface area contributed by atoms with Gasteiger partial charge >= 0.3 is 11.9 Å². The second-order valence-electron chi connectivity index (χ2n) is 7.58. The van der Waals surface area contributed by atoms with Gasteiger partial charge in [0.2, 0.25) is 10.0 Å². The van der Waals surface area contributed by atoms with Crippen LogP contribution < -0.4 is 0 Å². The molecule has 3 fully saturated rings. The summed E-state index contributed by atoms with van der Waals surface area (Å²) in [6, 6.07) is 0. The van der Waals surface area contributed by atoms with E-state index in [0.717, 1.165) is 25.7 Å². The quantitative estimate of drug-likeness (QED) is 0.741. The number of carboxylic acids is 1. The van der Waals surface area contributed by atoms with Crippen LogP contribution in [0, 0.1) is 16.7 Å². The number of methoxy groups -OCH3 is 1. The van der Waals surface area contributed by atoms with Gasteiger partial charge in [-0.1, -0.05) is 19.3 Å². The van der Waals surface area contributed by atoms with E-state index in [4.69, 9.17) is 4.74 Å². The zero-order valence-corrected chi connectivity index (χ0v) is 14.8. The molecule has 0 radical (unpaired) electrons. The summed E-state index contributed by atoms with van der Waals surface area (Å²) in [6.07, 6.45) is 4.76. The van der Waals surface area contributed by atoms with Crippen molar-refractivity contribution in [1.82, 2.24) is 4.31 Å². The second-order valence-corrected chi connectivity index (χ2v) is 9.55. The van der Waals surface area contributed by atoms with Crippen LogP contribution in [0.4, 0.5) is 0 Å². The number of aliphatic carboxylic acids is 1. The number of ether oxygens (including phenoxy) is 1. The number of nitrogens with zero attached hydrogens (tertiary/aromatic N) is 1. The third kappa shape index (κ3) is 2.63. The highest BCUT2D eigenvalue weighted by Gasteiger charge is 2.58. The van der Waals surface area contributed by atoms with Gasteiger partial charge in [-0.3, -0.25) is 9.59 Å². The van der Waals surface area contributed by atoms with Gasteiger partial charge in [0.15, 0.2) is 0 Å². The molecule has 1 N–H and O–H groups in total. The molecule has 136 valence electrons. The minimum atomic E-state index is -3.70. The standard InChI is InChI=1S/C16H25NO6S/c1-23-14(20)15(6-2-3-7-15)11-24(21,22)17-9-12-5-4-8-16(12,10-17)13(18)19/h12H,2-11H2,1H3,(H,18,19)/t12-,16+/m0/s1. The molecule has 8 heteroatoms. The highest BCUT2D eigenvalue weighted by atomic mass is 32.2. The summed E-state index contributed by atoms with van der Waals surface area (Å²) in [5, 5.41) is 9.62. The van der Waals surface area contributed by atoms with E-state index >= 15 is 0 Å². The highest BCUT2D eigenvalue weighted by Crippen LogP contribution is 2.50. The number of sulfonamides is 1. The van der Waals surface area contributed by atoms with Crippen molar-refractivity contribution in [2.45, 2.75) is 44.9 Å². The fourth-order valence-corrected chi connectivity index (χ4v) is 7.04. The van der Waals surface area contributed by atoms with Crippen molar-refractivity contribution in [2.75, 3.05) is 26.0 Å². The maximum absolute atomic E-state index is 12.9. The Morgan fingerprint density at radius 3 is 2.42 bits per heavy atom. The van der Waals surface area contributed by atoms with Crippen LogP contribution in [0.5, 0.6) is 0 Å². The average Bonchev–Trinajstić information content (AvgIpc) is 3.19. The Bertz CT molecular complexity index is 639. The van der Waals surface area contributed by atoms with Crippen LogP contribution in [0.25, 0.3) is 0 Å². The van der Waals surface area contributed by atoms with Crippen LogP contribution in [-0.4, -0.2) is 55.7 Å². The third-order valence-corrected chi connectivity index (χ3v) is 8.28. The number of fused-ring (bicyclic) bond motifs is 1. The lowest BCUT2D eigenvalue weighted by Crippen LogP contribution is -2.43. The Hall–Kier alpha value is -1.15. The molecule has 1 saturated heterocycles. The number of carboxylic acid groups (broad SMARTS) is 1. The summed E-state index contributed by atoms with van der Waals surface area (Å²) < 4.78 is 32.0. The molecule has 0 bridgehead atoms. The lowest BCUT2D eigenvalue weighted by atomic mass is 9.81. The van der Waals surface area contributed by atoms with E-state index in [1.165, 1.54) is 11.4 Å². The molecule has 1 heterocycles. The predicted molar refractivity (Wildman–Crippen MR) is 85.7 cm³/mol. The summed E-state index contributed by atoms with van der Waals surface area (Å²) in [5.74, 6) is -1.75. The molecule has 0 spiro atoms. The minimum Gasteiger partial charge on any atom is -0.481 e. The number of carbonyl (C=O) groups is 2. The Labute approximate surface area is 142 Å². The van der Waals surface area contributed by atoms with Gasteiger partial charge in [-0.05, 0) is 31.6 Å². The zero-order valence-electron chi connectivity index (χ0n) is 14.0. The SMILES string of the molecule is COC(=O)C1(CS(=O)(=O)N2C[C@@H]3CCC[C@@]3(C(=O)O)C2)CCCC1. The van der Waals surface area contributed by atoms with Gasteiger partial charge < -0.3 is 9.84 Å². The fourth-order valence-electron chi connectivity index (χ4n) is 4.92. The molecule has 24 heavy (non-hydrogen) atoms. The maximum Gasteiger partial charge on any atom is 0.312 e. The summed E-state index contributed by atoms with van der Waals surface area (Å²) in [5.41, 5.74) is -1.91. The second kappa shape index (κ2) is 5.98. The van der Waals surface area contributed by atoms with Crippen LogP contribution in [0.3, 0.4) is 0 Å². The van der Waals surface area contributed by atoms with E-state index in [1.807, 2.05) is 0 Å². The monoisotopic (exact) mass is 359 g/mol. The van der Waals surface area contributed by atoms with Gasteiger partial charge in [-0.15, -0.1) is 0 Å². The molecule has 0 amide bonds. The van der Waals surface area contributed by atoms with Gasteiger partial charge in [0.1, 0.15) is 0 Å². The lowest BCUT2D eigenvalue weighted by molar-refractivity contribution is -0.151. The Morgan fingerprint density at radius 2 is 1.88 bits per heavy atom. The van der Waals surface area contributed by atoms with E-state index in [-0.39, 0.29) is 24.8 Å². The maximum atomic E-state index is 12.9. The molecule has 0 unspecified atom stereocenters. The molecule has 3 rings (SSSR count). The molecule has 2 aliphatic carbocycles. The van der Waals surface area contributed by atoms with E-state index in [1.54, 1.807) is 0 Å². The summed E-state index contributed by atoms with van der Waals surface area (Å²) in [4.78, 5) is 23.9. The molecule has 3 aliphatic rings. The number of esters is 1. The van der Waals surface area contributed by atoms with Crippen molar-refractivity contribution in [1.29, 1.82) is 0 Å². The first-order valence-electron chi connectivity index (χ1n) is 8.55. The van der Waals surface area contributed by atoms with Gasteiger partial charge in [-0.25, -0.2) is 12.7 Å². The summed E-state index contributed by atoms with van der Waals surface area (Å²) >= 11 is 0. The normalized spacial score (nSPS) is 32.6. The van der Waals surface area contributed by atoms with Crippen molar-refractivity contribution >= 4 is 22.0 Å². The average molecular weight is 359 g/mol. The van der Waals surface area contributed by atoms with Crippen molar-refractivity contribution in [3.8, 4) is 0 Å². The van der Waals surface area contributed by atoms with E-state index < -0.39 is 32.8 Å². The topological polar surface area (TPSA) is 101 Å². The van der Waals surface area contributed by atoms with Gasteiger partial charge in [0.25, 0.3) is 0 Å². The Balaban J connectivity index is 1.82. The molecule has 0 aromatic carbocycles. The minimum absolute atomic E-state index is 0.0343. The van der Waals surface area contributed by atoms with Gasteiger partial charge in [0, 0.05) is 13.1 Å². The van der Waals surface area contributed by atoms with Crippen LogP contribution >= 0.6 is 0 Å². The summed E-state index contributed by atoms with van der Waals surface area (Å²) in [6.45, 7) is 0.290. The number of rotatable bonds is 5. The molecular weight excluding hydrogens is 334 g/mol. The first kappa shape index (κ1) is 17.7. The van der Waals surface area contributed by atoms with E-state index in [2.05, 4.69) is 0 Å². The molecule has 1 aliphatic heterocycles. The largest absolute Gasteiger partial charge is 0.481 e.